The second kappa shape index (κ2) is 3.45. The number of sulfonamides is 1. The zero-order valence-electron chi connectivity index (χ0n) is 9.39. The summed E-state index contributed by atoms with van der Waals surface area (Å²) in [6.45, 7) is 6.00. The van der Waals surface area contributed by atoms with Gasteiger partial charge in [-0.25, -0.2) is 12.7 Å². The Labute approximate surface area is 90.1 Å². The highest BCUT2D eigenvalue weighted by atomic mass is 32.2. The van der Waals surface area contributed by atoms with Gasteiger partial charge in [-0.2, -0.15) is 0 Å². The molecular weight excluding hydrogens is 218 g/mol. The average molecular weight is 235 g/mol. The summed E-state index contributed by atoms with van der Waals surface area (Å²) < 4.78 is 23.1. The van der Waals surface area contributed by atoms with Gasteiger partial charge < -0.3 is 5.11 Å². The van der Waals surface area contributed by atoms with Gasteiger partial charge in [-0.1, -0.05) is 6.92 Å². The largest absolute Gasteiger partial charge is 0.396 e. The van der Waals surface area contributed by atoms with Gasteiger partial charge in [-0.15, -0.1) is 0 Å². The molecule has 1 rings (SSSR count). The van der Waals surface area contributed by atoms with Crippen LogP contribution in [-0.4, -0.2) is 41.1 Å². The quantitative estimate of drug-likeness (QED) is 0.744. The summed E-state index contributed by atoms with van der Waals surface area (Å²) in [5.74, 6) is -0.643. The van der Waals surface area contributed by atoms with Crippen molar-refractivity contribution in [2.45, 2.75) is 38.5 Å². The van der Waals surface area contributed by atoms with E-state index in [-0.39, 0.29) is 12.5 Å². The first-order chi connectivity index (χ1) is 6.67. The lowest BCUT2D eigenvalue weighted by atomic mass is 10.0. The smallest absolute Gasteiger partial charge is 0.259 e. The number of carbonyl (C=O) groups excluding carboxylic acids is 1. The Balaban J connectivity index is 2.98. The second-order valence-electron chi connectivity index (χ2n) is 4.52. The summed E-state index contributed by atoms with van der Waals surface area (Å²) in [4.78, 5) is 11.6. The fourth-order valence-electron chi connectivity index (χ4n) is 1.48. The van der Waals surface area contributed by atoms with Crippen LogP contribution in [0.3, 0.4) is 0 Å². The van der Waals surface area contributed by atoms with E-state index in [9.17, 15) is 13.2 Å². The van der Waals surface area contributed by atoms with E-state index in [0.29, 0.717) is 0 Å². The standard InChI is InChI=1S/C9H17NO4S/c1-6(5-11)7(2)10-8(12)9(3,4)15(10,13)14/h6-7,11H,5H2,1-4H3. The molecule has 88 valence electrons. The van der Waals surface area contributed by atoms with Crippen molar-refractivity contribution in [1.82, 2.24) is 4.31 Å². The van der Waals surface area contributed by atoms with Crippen LogP contribution in [0.15, 0.2) is 0 Å². The molecule has 0 aromatic carbocycles. The Morgan fingerprint density at radius 3 is 2.20 bits per heavy atom. The highest BCUT2D eigenvalue weighted by molar-refractivity contribution is 7.94. The molecule has 1 saturated heterocycles. The molecule has 0 bridgehead atoms. The number of hydrogen-bond donors (Lipinski definition) is 1. The molecule has 0 saturated carbocycles. The number of amides is 1. The monoisotopic (exact) mass is 235 g/mol. The molecule has 1 amide bonds. The zero-order chi connectivity index (χ0) is 12.0. The molecule has 15 heavy (non-hydrogen) atoms. The molecule has 1 heterocycles. The molecule has 2 atom stereocenters. The van der Waals surface area contributed by atoms with E-state index >= 15 is 0 Å². The van der Waals surface area contributed by atoms with Crippen molar-refractivity contribution in [1.29, 1.82) is 0 Å². The molecule has 0 aromatic rings. The molecule has 0 aliphatic carbocycles. The van der Waals surface area contributed by atoms with E-state index in [1.807, 2.05) is 0 Å². The maximum atomic E-state index is 11.8. The summed E-state index contributed by atoms with van der Waals surface area (Å²) >= 11 is 0. The summed E-state index contributed by atoms with van der Waals surface area (Å²) in [7, 11) is -3.53. The van der Waals surface area contributed by atoms with Gasteiger partial charge in [0.15, 0.2) is 4.75 Å². The van der Waals surface area contributed by atoms with Gasteiger partial charge in [0, 0.05) is 18.6 Å². The van der Waals surface area contributed by atoms with Crippen molar-refractivity contribution >= 4 is 15.9 Å². The van der Waals surface area contributed by atoms with Crippen LogP contribution in [0.5, 0.6) is 0 Å². The highest BCUT2D eigenvalue weighted by Crippen LogP contribution is 2.37. The average Bonchev–Trinajstić information content (AvgIpc) is 2.15. The molecule has 0 spiro atoms. The molecule has 2 unspecified atom stereocenters. The minimum atomic E-state index is -3.53. The van der Waals surface area contributed by atoms with E-state index in [4.69, 9.17) is 5.11 Å². The van der Waals surface area contributed by atoms with Crippen LogP contribution >= 0.6 is 0 Å². The summed E-state index contributed by atoms with van der Waals surface area (Å²) in [6.07, 6.45) is 0. The third-order valence-corrected chi connectivity index (χ3v) is 5.58. The Morgan fingerprint density at radius 1 is 1.40 bits per heavy atom. The van der Waals surface area contributed by atoms with Crippen molar-refractivity contribution < 1.29 is 18.3 Å². The fraction of sp³-hybridized carbons (Fsp3) is 0.889. The van der Waals surface area contributed by atoms with Gasteiger partial charge in [0.25, 0.3) is 15.9 Å². The number of aliphatic hydroxyl groups excluding tert-OH is 1. The first kappa shape index (κ1) is 12.4. The van der Waals surface area contributed by atoms with Crippen LogP contribution in [0.25, 0.3) is 0 Å². The lowest BCUT2D eigenvalue weighted by Gasteiger charge is -2.47. The molecule has 1 aliphatic heterocycles. The first-order valence-electron chi connectivity index (χ1n) is 4.87. The lowest BCUT2D eigenvalue weighted by Crippen LogP contribution is -2.70. The van der Waals surface area contributed by atoms with Crippen LogP contribution in [0.2, 0.25) is 0 Å². The minimum Gasteiger partial charge on any atom is -0.396 e. The van der Waals surface area contributed by atoms with Gasteiger partial charge in [0.1, 0.15) is 0 Å². The third-order valence-electron chi connectivity index (χ3n) is 3.10. The highest BCUT2D eigenvalue weighted by Gasteiger charge is 2.61. The Bertz CT molecular complexity index is 374. The fourth-order valence-corrected chi connectivity index (χ4v) is 3.25. The van der Waals surface area contributed by atoms with E-state index in [0.717, 1.165) is 4.31 Å². The summed E-state index contributed by atoms with van der Waals surface area (Å²) in [6, 6.07) is -0.486. The SMILES string of the molecule is CC(CO)C(C)N1C(=O)C(C)(C)S1(=O)=O. The van der Waals surface area contributed by atoms with E-state index in [2.05, 4.69) is 0 Å². The lowest BCUT2D eigenvalue weighted by molar-refractivity contribution is -0.134. The Hall–Kier alpha value is -0.620. The molecule has 5 nitrogen and oxygen atoms in total. The number of hydrogen-bond acceptors (Lipinski definition) is 4. The number of carbonyl (C=O) groups is 1. The molecule has 0 radical (unpaired) electrons. The Kier molecular flexibility index (Phi) is 2.86. The predicted octanol–water partition coefficient (Wildman–Crippen LogP) is -0.0461. The topological polar surface area (TPSA) is 74.7 Å². The molecule has 0 aromatic heterocycles. The zero-order valence-corrected chi connectivity index (χ0v) is 10.2. The maximum Gasteiger partial charge on any atom is 0.259 e. The van der Waals surface area contributed by atoms with Crippen molar-refractivity contribution in [2.75, 3.05) is 6.61 Å². The molecule has 1 N–H and O–H groups in total. The van der Waals surface area contributed by atoms with E-state index in [1.54, 1.807) is 13.8 Å². The van der Waals surface area contributed by atoms with Crippen molar-refractivity contribution in [3.05, 3.63) is 0 Å². The number of rotatable bonds is 3. The maximum absolute atomic E-state index is 11.8. The van der Waals surface area contributed by atoms with Crippen LogP contribution in [0.4, 0.5) is 0 Å². The van der Waals surface area contributed by atoms with Gasteiger partial charge in [0.05, 0.1) is 0 Å². The van der Waals surface area contributed by atoms with E-state index in [1.165, 1.54) is 13.8 Å². The number of aliphatic hydroxyl groups is 1. The van der Waals surface area contributed by atoms with Gasteiger partial charge in [-0.3, -0.25) is 4.79 Å². The van der Waals surface area contributed by atoms with Crippen LogP contribution in [0, 0.1) is 5.92 Å². The Morgan fingerprint density at radius 2 is 1.87 bits per heavy atom. The minimum absolute atomic E-state index is 0.138. The molecular formula is C9H17NO4S. The van der Waals surface area contributed by atoms with Crippen molar-refractivity contribution in [2.24, 2.45) is 5.92 Å². The molecule has 6 heteroatoms. The molecule has 1 aliphatic rings. The van der Waals surface area contributed by atoms with Crippen LogP contribution in [0.1, 0.15) is 27.7 Å². The van der Waals surface area contributed by atoms with Gasteiger partial charge in [0.2, 0.25) is 0 Å². The van der Waals surface area contributed by atoms with Crippen LogP contribution < -0.4 is 0 Å². The summed E-state index contributed by atoms with van der Waals surface area (Å²) in [5.41, 5.74) is 0. The van der Waals surface area contributed by atoms with Gasteiger partial charge >= 0.3 is 0 Å². The normalized spacial score (nSPS) is 27.0. The molecule has 1 fully saturated rings. The summed E-state index contributed by atoms with van der Waals surface area (Å²) in [5, 5.41) is 8.93. The first-order valence-corrected chi connectivity index (χ1v) is 6.31. The second-order valence-corrected chi connectivity index (χ2v) is 6.88. The van der Waals surface area contributed by atoms with Crippen molar-refractivity contribution in [3.63, 3.8) is 0 Å². The third kappa shape index (κ3) is 1.47. The van der Waals surface area contributed by atoms with E-state index < -0.39 is 26.7 Å². The van der Waals surface area contributed by atoms with Crippen molar-refractivity contribution in [3.8, 4) is 0 Å². The number of nitrogens with zero attached hydrogens (tertiary/aromatic N) is 1. The van der Waals surface area contributed by atoms with Gasteiger partial charge in [-0.05, 0) is 20.8 Å². The predicted molar refractivity (Wildman–Crippen MR) is 55.6 cm³/mol. The van der Waals surface area contributed by atoms with Crippen LogP contribution in [-0.2, 0) is 14.8 Å².